The molecule has 6 heteroatoms. The van der Waals surface area contributed by atoms with Crippen molar-refractivity contribution in [1.29, 1.82) is 0 Å². The van der Waals surface area contributed by atoms with Crippen LogP contribution in [0, 0.1) is 0 Å². The number of ether oxygens (including phenoxy) is 1. The number of hydrogen-bond acceptors (Lipinski definition) is 5. The van der Waals surface area contributed by atoms with Crippen LogP contribution in [0.4, 0.5) is 0 Å². The molecule has 2 rings (SSSR count). The maximum Gasteiger partial charge on any atom is 0.163 e. The molecule has 1 atom stereocenters. The normalized spacial score (nSPS) is 12.4. The summed E-state index contributed by atoms with van der Waals surface area (Å²) in [4.78, 5) is 7.81. The molecule has 2 heterocycles. The van der Waals surface area contributed by atoms with Gasteiger partial charge in [-0.25, -0.2) is 9.97 Å². The Morgan fingerprint density at radius 2 is 2.06 bits per heavy atom. The smallest absolute Gasteiger partial charge is 0.163 e. The molecule has 0 aliphatic heterocycles. The van der Waals surface area contributed by atoms with Crippen LogP contribution in [0.2, 0.25) is 0 Å². The third-order valence-corrected chi connectivity index (χ3v) is 2.66. The van der Waals surface area contributed by atoms with Crippen molar-refractivity contribution < 1.29 is 9.84 Å². The van der Waals surface area contributed by atoms with Crippen LogP contribution in [0.5, 0.6) is 5.75 Å². The van der Waals surface area contributed by atoms with Crippen molar-refractivity contribution in [3.05, 3.63) is 36.2 Å². The van der Waals surface area contributed by atoms with Gasteiger partial charge in [-0.15, -0.1) is 0 Å². The number of methoxy groups -OCH3 is 1. The number of aryl methyl sites for hydroxylation is 1. The molecule has 2 aromatic heterocycles. The Hall–Kier alpha value is -1.95. The van der Waals surface area contributed by atoms with Crippen molar-refractivity contribution in [2.75, 3.05) is 7.11 Å². The van der Waals surface area contributed by atoms with Gasteiger partial charge in [0, 0.05) is 24.5 Å². The predicted molar refractivity (Wildman–Crippen MR) is 65.2 cm³/mol. The minimum atomic E-state index is -0.838. The second kappa shape index (κ2) is 5.59. The molecule has 0 aliphatic rings. The minimum absolute atomic E-state index is 0.569. The molecule has 0 fully saturated rings. The summed E-state index contributed by atoms with van der Waals surface area (Å²) < 4.78 is 6.98. The summed E-state index contributed by atoms with van der Waals surface area (Å²) in [6, 6.07) is 0. The Balaban J connectivity index is 2.39. The van der Waals surface area contributed by atoms with E-state index in [0.717, 1.165) is 13.0 Å². The molecule has 1 unspecified atom stereocenters. The Morgan fingerprint density at radius 3 is 2.67 bits per heavy atom. The van der Waals surface area contributed by atoms with Crippen LogP contribution in [0.15, 0.2) is 24.9 Å². The van der Waals surface area contributed by atoms with Gasteiger partial charge in [0.25, 0.3) is 0 Å². The van der Waals surface area contributed by atoms with Gasteiger partial charge in [-0.2, -0.15) is 5.10 Å². The lowest BCUT2D eigenvalue weighted by atomic mass is 10.1. The van der Waals surface area contributed by atoms with Gasteiger partial charge in [0.2, 0.25) is 0 Å². The van der Waals surface area contributed by atoms with Crippen molar-refractivity contribution in [2.24, 2.45) is 0 Å². The monoisotopic (exact) mass is 248 g/mol. The van der Waals surface area contributed by atoms with Crippen LogP contribution >= 0.6 is 0 Å². The highest BCUT2D eigenvalue weighted by Gasteiger charge is 2.21. The van der Waals surface area contributed by atoms with Crippen molar-refractivity contribution >= 4 is 0 Å². The first-order valence-electron chi connectivity index (χ1n) is 5.80. The second-order valence-corrected chi connectivity index (χ2v) is 3.90. The van der Waals surface area contributed by atoms with Crippen LogP contribution < -0.4 is 4.74 Å². The summed E-state index contributed by atoms with van der Waals surface area (Å²) in [5.74, 6) is 0.569. The summed E-state index contributed by atoms with van der Waals surface area (Å²) in [5.41, 5.74) is 1.25. The molecule has 0 spiro atoms. The lowest BCUT2D eigenvalue weighted by molar-refractivity contribution is 0.201. The van der Waals surface area contributed by atoms with E-state index in [2.05, 4.69) is 22.0 Å². The molecule has 0 aliphatic carbocycles. The van der Waals surface area contributed by atoms with Gasteiger partial charge in [0.1, 0.15) is 18.1 Å². The van der Waals surface area contributed by atoms with Crippen molar-refractivity contribution in [2.45, 2.75) is 26.0 Å². The van der Waals surface area contributed by atoms with Crippen LogP contribution in [-0.4, -0.2) is 32.0 Å². The summed E-state index contributed by atoms with van der Waals surface area (Å²) >= 11 is 0. The van der Waals surface area contributed by atoms with Gasteiger partial charge in [-0.05, 0) is 6.42 Å². The number of aliphatic hydroxyl groups is 1. The standard InChI is InChI=1S/C12H16N4O2/c1-3-4-16-11(10(18-2)7-15-16)12(17)9-5-13-8-14-6-9/h5-8,12,17H,3-4H2,1-2H3. The SMILES string of the molecule is CCCn1ncc(OC)c1C(O)c1cncnc1. The maximum absolute atomic E-state index is 10.4. The topological polar surface area (TPSA) is 73.1 Å². The van der Waals surface area contributed by atoms with E-state index >= 15 is 0 Å². The molecular weight excluding hydrogens is 232 g/mol. The molecule has 96 valence electrons. The molecule has 6 nitrogen and oxygen atoms in total. The number of aromatic nitrogens is 4. The van der Waals surface area contributed by atoms with E-state index in [1.54, 1.807) is 30.4 Å². The largest absolute Gasteiger partial charge is 0.493 e. The van der Waals surface area contributed by atoms with E-state index < -0.39 is 6.10 Å². The predicted octanol–water partition coefficient (Wildman–Crippen LogP) is 1.17. The zero-order valence-electron chi connectivity index (χ0n) is 10.4. The Morgan fingerprint density at radius 1 is 1.33 bits per heavy atom. The maximum atomic E-state index is 10.4. The molecule has 2 aromatic rings. The Bertz CT molecular complexity index is 498. The van der Waals surface area contributed by atoms with E-state index in [1.165, 1.54) is 6.33 Å². The average Bonchev–Trinajstić information content (AvgIpc) is 2.82. The van der Waals surface area contributed by atoms with Crippen molar-refractivity contribution in [1.82, 2.24) is 19.7 Å². The highest BCUT2D eigenvalue weighted by Crippen LogP contribution is 2.29. The molecule has 0 bridgehead atoms. The van der Waals surface area contributed by atoms with Crippen LogP contribution in [-0.2, 0) is 6.54 Å². The fourth-order valence-corrected chi connectivity index (χ4v) is 1.81. The van der Waals surface area contributed by atoms with Crippen LogP contribution in [0.3, 0.4) is 0 Å². The van der Waals surface area contributed by atoms with E-state index in [4.69, 9.17) is 4.74 Å². The van der Waals surface area contributed by atoms with E-state index in [9.17, 15) is 5.11 Å². The average molecular weight is 248 g/mol. The Labute approximate surface area is 105 Å². The Kier molecular flexibility index (Phi) is 3.88. The van der Waals surface area contributed by atoms with Gasteiger partial charge in [0.15, 0.2) is 5.75 Å². The van der Waals surface area contributed by atoms with E-state index in [-0.39, 0.29) is 0 Å². The fraction of sp³-hybridized carbons (Fsp3) is 0.417. The minimum Gasteiger partial charge on any atom is -0.493 e. The van der Waals surface area contributed by atoms with Gasteiger partial charge in [-0.3, -0.25) is 4.68 Å². The van der Waals surface area contributed by atoms with Crippen LogP contribution in [0.1, 0.15) is 30.7 Å². The van der Waals surface area contributed by atoms with Gasteiger partial charge in [-0.1, -0.05) is 6.92 Å². The third kappa shape index (κ3) is 2.33. The highest BCUT2D eigenvalue weighted by atomic mass is 16.5. The van der Waals surface area contributed by atoms with E-state index in [1.807, 2.05) is 0 Å². The quantitative estimate of drug-likeness (QED) is 0.860. The lowest BCUT2D eigenvalue weighted by Crippen LogP contribution is -2.11. The van der Waals surface area contributed by atoms with E-state index in [0.29, 0.717) is 17.0 Å². The molecule has 0 saturated carbocycles. The highest BCUT2D eigenvalue weighted by molar-refractivity contribution is 5.32. The number of aliphatic hydroxyl groups excluding tert-OH is 1. The number of rotatable bonds is 5. The molecule has 0 aromatic carbocycles. The van der Waals surface area contributed by atoms with Gasteiger partial charge < -0.3 is 9.84 Å². The first kappa shape index (κ1) is 12.5. The number of hydrogen-bond donors (Lipinski definition) is 1. The summed E-state index contributed by atoms with van der Waals surface area (Å²) in [6.45, 7) is 2.78. The first-order chi connectivity index (χ1) is 8.77. The lowest BCUT2D eigenvalue weighted by Gasteiger charge is -2.14. The summed E-state index contributed by atoms with van der Waals surface area (Å²) in [6.07, 6.45) is 6.29. The van der Waals surface area contributed by atoms with Gasteiger partial charge in [0.05, 0.1) is 13.3 Å². The third-order valence-electron chi connectivity index (χ3n) is 2.66. The van der Waals surface area contributed by atoms with Gasteiger partial charge >= 0.3 is 0 Å². The molecule has 18 heavy (non-hydrogen) atoms. The fourth-order valence-electron chi connectivity index (χ4n) is 1.81. The zero-order chi connectivity index (χ0) is 13.0. The molecular formula is C12H16N4O2. The van der Waals surface area contributed by atoms with Crippen LogP contribution in [0.25, 0.3) is 0 Å². The molecule has 0 saturated heterocycles. The summed E-state index contributed by atoms with van der Waals surface area (Å²) in [7, 11) is 1.56. The van der Waals surface area contributed by atoms with Crippen molar-refractivity contribution in [3.8, 4) is 5.75 Å². The molecule has 0 amide bonds. The second-order valence-electron chi connectivity index (χ2n) is 3.90. The number of nitrogens with zero attached hydrogens (tertiary/aromatic N) is 4. The first-order valence-corrected chi connectivity index (χ1v) is 5.80. The molecule has 1 N–H and O–H groups in total. The molecule has 0 radical (unpaired) electrons. The van der Waals surface area contributed by atoms with Crippen molar-refractivity contribution in [3.63, 3.8) is 0 Å². The summed E-state index contributed by atoms with van der Waals surface area (Å²) in [5, 5.41) is 14.6. The zero-order valence-corrected chi connectivity index (χ0v) is 10.4.